The lowest BCUT2D eigenvalue weighted by Crippen LogP contribution is -2.15. The molecule has 0 spiro atoms. The summed E-state index contributed by atoms with van der Waals surface area (Å²) in [5.41, 5.74) is 1.05. The lowest BCUT2D eigenvalue weighted by atomic mass is 9.89. The van der Waals surface area contributed by atoms with E-state index in [-0.39, 0.29) is 6.42 Å². The Balaban J connectivity index is 1.91. The van der Waals surface area contributed by atoms with Gasteiger partial charge in [-0.1, -0.05) is 19.3 Å². The van der Waals surface area contributed by atoms with Crippen LogP contribution in [0.3, 0.4) is 0 Å². The van der Waals surface area contributed by atoms with Gasteiger partial charge >= 0.3 is 5.97 Å². The summed E-state index contributed by atoms with van der Waals surface area (Å²) >= 11 is 0. The third-order valence-corrected chi connectivity index (χ3v) is 3.57. The van der Waals surface area contributed by atoms with Crippen molar-refractivity contribution in [2.45, 2.75) is 51.5 Å². The van der Waals surface area contributed by atoms with Crippen molar-refractivity contribution in [3.63, 3.8) is 0 Å². The van der Waals surface area contributed by atoms with Crippen molar-refractivity contribution >= 4 is 5.97 Å². The minimum atomic E-state index is -0.740. The average Bonchev–Trinajstić information content (AvgIpc) is 2.75. The first-order valence-electron chi connectivity index (χ1n) is 6.46. The topological polar surface area (TPSA) is 55.1 Å². The fraction of sp³-hybridized carbons (Fsp3) is 0.692. The van der Waals surface area contributed by atoms with E-state index in [2.05, 4.69) is 9.55 Å². The van der Waals surface area contributed by atoms with Crippen molar-refractivity contribution in [3.8, 4) is 0 Å². The molecule has 1 N–H and O–H groups in total. The minimum absolute atomic E-state index is 0.191. The monoisotopic (exact) mass is 236 g/mol. The molecule has 0 aliphatic heterocycles. The highest BCUT2D eigenvalue weighted by atomic mass is 16.4. The molecule has 94 valence electrons. The largest absolute Gasteiger partial charge is 0.481 e. The molecule has 0 saturated heterocycles. The van der Waals surface area contributed by atoms with Crippen LogP contribution in [0.2, 0.25) is 0 Å². The van der Waals surface area contributed by atoms with Gasteiger partial charge in [-0.3, -0.25) is 4.79 Å². The number of carboxylic acids is 1. The molecule has 4 heteroatoms. The number of aryl methyl sites for hydroxylation is 1. The van der Waals surface area contributed by atoms with Gasteiger partial charge in [0.05, 0.1) is 12.7 Å². The first-order chi connectivity index (χ1) is 8.25. The summed E-state index contributed by atoms with van der Waals surface area (Å²) in [6.07, 6.45) is 11.1. The van der Waals surface area contributed by atoms with Crippen LogP contribution in [0.15, 0.2) is 12.5 Å². The molecule has 0 radical (unpaired) electrons. The van der Waals surface area contributed by atoms with Crippen molar-refractivity contribution < 1.29 is 9.90 Å². The van der Waals surface area contributed by atoms with Crippen LogP contribution in [0.1, 0.15) is 44.2 Å². The number of rotatable bonds is 5. The highest BCUT2D eigenvalue weighted by Crippen LogP contribution is 2.25. The Morgan fingerprint density at radius 2 is 2.18 bits per heavy atom. The van der Waals surface area contributed by atoms with E-state index >= 15 is 0 Å². The summed E-state index contributed by atoms with van der Waals surface area (Å²) in [7, 11) is 0. The van der Waals surface area contributed by atoms with Crippen LogP contribution < -0.4 is 0 Å². The highest BCUT2D eigenvalue weighted by molar-refractivity contribution is 5.66. The molecule has 0 bridgehead atoms. The van der Waals surface area contributed by atoms with Crippen LogP contribution in [0.4, 0.5) is 0 Å². The molecule has 4 nitrogen and oxygen atoms in total. The second kappa shape index (κ2) is 5.84. The molecule has 0 atom stereocenters. The summed E-state index contributed by atoms with van der Waals surface area (Å²) in [5, 5.41) is 8.69. The van der Waals surface area contributed by atoms with E-state index in [1.807, 2.05) is 6.33 Å². The fourth-order valence-electron chi connectivity index (χ4n) is 2.60. The Kier molecular flexibility index (Phi) is 4.18. The average molecular weight is 236 g/mol. The normalized spacial score (nSPS) is 17.2. The van der Waals surface area contributed by atoms with Crippen molar-refractivity contribution in [1.29, 1.82) is 0 Å². The summed E-state index contributed by atoms with van der Waals surface area (Å²) < 4.78 is 2.14. The molecule has 1 aliphatic carbocycles. The maximum absolute atomic E-state index is 10.6. The van der Waals surface area contributed by atoms with Crippen LogP contribution in [-0.2, 0) is 17.8 Å². The van der Waals surface area contributed by atoms with Crippen LogP contribution in [0.25, 0.3) is 0 Å². The number of hydrogen-bond donors (Lipinski definition) is 1. The van der Waals surface area contributed by atoms with E-state index in [9.17, 15) is 4.79 Å². The predicted molar refractivity (Wildman–Crippen MR) is 64.8 cm³/mol. The second-order valence-corrected chi connectivity index (χ2v) is 4.94. The Hall–Kier alpha value is -1.32. The van der Waals surface area contributed by atoms with Crippen molar-refractivity contribution in [3.05, 3.63) is 18.2 Å². The molecule has 17 heavy (non-hydrogen) atoms. The van der Waals surface area contributed by atoms with Crippen LogP contribution in [0.5, 0.6) is 0 Å². The summed E-state index contributed by atoms with van der Waals surface area (Å²) in [5.74, 6) is 0.0111. The number of aromatic nitrogens is 2. The lowest BCUT2D eigenvalue weighted by molar-refractivity contribution is -0.136. The van der Waals surface area contributed by atoms with Crippen LogP contribution >= 0.6 is 0 Å². The maximum Gasteiger partial charge on any atom is 0.303 e. The molecule has 0 amide bonds. The van der Waals surface area contributed by atoms with E-state index in [1.165, 1.54) is 32.1 Å². The van der Waals surface area contributed by atoms with E-state index in [0.29, 0.717) is 6.42 Å². The van der Waals surface area contributed by atoms with E-state index in [4.69, 9.17) is 5.11 Å². The summed E-state index contributed by atoms with van der Waals surface area (Å²) in [6, 6.07) is 0. The predicted octanol–water partition coefficient (Wildman–Crippen LogP) is 2.48. The van der Waals surface area contributed by atoms with Crippen molar-refractivity contribution in [2.24, 2.45) is 5.92 Å². The zero-order chi connectivity index (χ0) is 12.1. The second-order valence-electron chi connectivity index (χ2n) is 4.94. The maximum atomic E-state index is 10.6. The zero-order valence-corrected chi connectivity index (χ0v) is 10.1. The quantitative estimate of drug-likeness (QED) is 0.854. The van der Waals surface area contributed by atoms with Crippen LogP contribution in [-0.4, -0.2) is 20.6 Å². The van der Waals surface area contributed by atoms with Crippen LogP contribution in [0, 0.1) is 5.92 Å². The van der Waals surface area contributed by atoms with Gasteiger partial charge in [0.25, 0.3) is 0 Å². The first-order valence-corrected chi connectivity index (χ1v) is 6.46. The van der Waals surface area contributed by atoms with Gasteiger partial charge in [-0.2, -0.15) is 0 Å². The number of hydrogen-bond acceptors (Lipinski definition) is 2. The Labute approximate surface area is 102 Å². The number of imidazole rings is 1. The number of carbonyl (C=O) groups is 1. The molecule has 2 rings (SSSR count). The summed E-state index contributed by atoms with van der Waals surface area (Å²) in [6.45, 7) is 1.01. The third-order valence-electron chi connectivity index (χ3n) is 3.57. The molecule has 0 unspecified atom stereocenters. The summed E-state index contributed by atoms with van der Waals surface area (Å²) in [4.78, 5) is 14.7. The Morgan fingerprint density at radius 1 is 1.41 bits per heavy atom. The van der Waals surface area contributed by atoms with Gasteiger partial charge in [0.1, 0.15) is 0 Å². The van der Waals surface area contributed by atoms with Crippen molar-refractivity contribution in [1.82, 2.24) is 9.55 Å². The molecule has 1 saturated carbocycles. The SMILES string of the molecule is O=C(O)CCc1cncn1CC1CCCCC1. The van der Waals surface area contributed by atoms with Gasteiger partial charge in [0.2, 0.25) is 0 Å². The Bertz CT molecular complexity index is 367. The first kappa shape index (κ1) is 12.1. The van der Waals surface area contributed by atoms with Gasteiger partial charge in [-0.25, -0.2) is 4.98 Å². The van der Waals surface area contributed by atoms with E-state index in [0.717, 1.165) is 18.2 Å². The van der Waals surface area contributed by atoms with Crippen molar-refractivity contribution in [2.75, 3.05) is 0 Å². The van der Waals surface area contributed by atoms with Gasteiger partial charge in [-0.05, 0) is 25.2 Å². The molecule has 1 heterocycles. The molecule has 1 aliphatic rings. The van der Waals surface area contributed by atoms with E-state index in [1.54, 1.807) is 6.20 Å². The molecule has 1 aromatic heterocycles. The van der Waals surface area contributed by atoms with Gasteiger partial charge in [0.15, 0.2) is 0 Å². The third kappa shape index (κ3) is 3.58. The number of nitrogens with zero attached hydrogens (tertiary/aromatic N) is 2. The standard InChI is InChI=1S/C13H20N2O2/c16-13(17)7-6-12-8-14-10-15(12)9-11-4-2-1-3-5-11/h8,10-11H,1-7,9H2,(H,16,17). The van der Waals surface area contributed by atoms with Gasteiger partial charge in [0, 0.05) is 18.4 Å². The number of carboxylic acid groups (broad SMARTS) is 1. The molecular weight excluding hydrogens is 216 g/mol. The minimum Gasteiger partial charge on any atom is -0.481 e. The lowest BCUT2D eigenvalue weighted by Gasteiger charge is -2.22. The Morgan fingerprint density at radius 3 is 2.88 bits per heavy atom. The zero-order valence-electron chi connectivity index (χ0n) is 10.1. The molecular formula is C13H20N2O2. The fourth-order valence-corrected chi connectivity index (χ4v) is 2.60. The smallest absolute Gasteiger partial charge is 0.303 e. The molecule has 0 aromatic carbocycles. The molecule has 1 aromatic rings. The molecule has 1 fully saturated rings. The number of aliphatic carboxylic acids is 1. The van der Waals surface area contributed by atoms with Gasteiger partial charge < -0.3 is 9.67 Å². The van der Waals surface area contributed by atoms with Gasteiger partial charge in [-0.15, -0.1) is 0 Å². The van der Waals surface area contributed by atoms with E-state index < -0.39 is 5.97 Å². The highest BCUT2D eigenvalue weighted by Gasteiger charge is 2.15.